The number of ether oxygens (including phenoxy) is 1. The average molecular weight is 406 g/mol. The molecule has 4 nitrogen and oxygen atoms in total. The van der Waals surface area contributed by atoms with E-state index in [2.05, 4.69) is 39.0 Å². The first-order valence-corrected chi connectivity index (χ1v) is 10.0. The first-order chi connectivity index (χ1) is 13.8. The smallest absolute Gasteiger partial charge is 0.215 e. The molecule has 0 saturated carbocycles. The van der Waals surface area contributed by atoms with E-state index >= 15 is 0 Å². The quantitative estimate of drug-likeness (QED) is 0.406. The zero-order chi connectivity index (χ0) is 20.7. The summed E-state index contributed by atoms with van der Waals surface area (Å²) in [6.45, 7) is 10.7. The Kier molecular flexibility index (Phi) is 5.05. The molecule has 0 aliphatic carbocycles. The fourth-order valence-electron chi connectivity index (χ4n) is 3.65. The summed E-state index contributed by atoms with van der Waals surface area (Å²) in [4.78, 5) is 4.81. The van der Waals surface area contributed by atoms with E-state index in [1.54, 1.807) is 0 Å². The van der Waals surface area contributed by atoms with Crippen LogP contribution in [-0.4, -0.2) is 14.8 Å². The molecule has 0 radical (unpaired) electrons. The van der Waals surface area contributed by atoms with E-state index in [-0.39, 0.29) is 0 Å². The zero-order valence-corrected chi connectivity index (χ0v) is 18.1. The van der Waals surface area contributed by atoms with E-state index < -0.39 is 0 Å². The molecular weight excluding hydrogens is 382 g/mol. The third-order valence-electron chi connectivity index (χ3n) is 5.33. The maximum Gasteiger partial charge on any atom is 0.215 e. The summed E-state index contributed by atoms with van der Waals surface area (Å²) >= 11 is 6.34. The van der Waals surface area contributed by atoms with Gasteiger partial charge in [0.1, 0.15) is 6.61 Å². The summed E-state index contributed by atoms with van der Waals surface area (Å²) < 4.78 is 7.96. The van der Waals surface area contributed by atoms with Crippen LogP contribution in [0.5, 0.6) is 5.88 Å². The molecular formula is C24H24ClN3O. The molecule has 0 atom stereocenters. The molecule has 2 aromatic heterocycles. The van der Waals surface area contributed by atoms with Crippen molar-refractivity contribution in [3.8, 4) is 11.6 Å². The lowest BCUT2D eigenvalue weighted by Crippen LogP contribution is -2.03. The Balaban J connectivity index is 1.78. The van der Waals surface area contributed by atoms with Crippen molar-refractivity contribution in [1.82, 2.24) is 14.8 Å². The van der Waals surface area contributed by atoms with Gasteiger partial charge in [-0.3, -0.25) is 0 Å². The Labute approximate surface area is 176 Å². The third kappa shape index (κ3) is 3.60. The highest BCUT2D eigenvalue weighted by molar-refractivity contribution is 6.31. The second kappa shape index (κ2) is 7.53. The zero-order valence-electron chi connectivity index (χ0n) is 17.4. The van der Waals surface area contributed by atoms with Gasteiger partial charge in [-0.05, 0) is 69.0 Å². The van der Waals surface area contributed by atoms with Gasteiger partial charge < -0.3 is 4.74 Å². The summed E-state index contributed by atoms with van der Waals surface area (Å²) in [6.07, 6.45) is 0. The number of fused-ring (bicyclic) bond motifs is 1. The molecule has 0 saturated heterocycles. The molecule has 29 heavy (non-hydrogen) atoms. The molecule has 5 heteroatoms. The van der Waals surface area contributed by atoms with E-state index in [0.29, 0.717) is 17.5 Å². The van der Waals surface area contributed by atoms with Gasteiger partial charge in [0.15, 0.2) is 5.65 Å². The van der Waals surface area contributed by atoms with Crippen LogP contribution in [0.25, 0.3) is 16.7 Å². The van der Waals surface area contributed by atoms with Crippen molar-refractivity contribution in [2.45, 2.75) is 41.2 Å². The number of halogens is 1. The first-order valence-electron chi connectivity index (χ1n) is 9.66. The largest absolute Gasteiger partial charge is 0.473 e. The SMILES string of the molecule is Cc1ccc(C)c(COc2cc(C)c3c(C)nn(-c4cccc(Cl)c4C)c3n2)c1. The van der Waals surface area contributed by atoms with Crippen LogP contribution < -0.4 is 4.74 Å². The Bertz CT molecular complexity index is 1230. The van der Waals surface area contributed by atoms with Crippen LogP contribution >= 0.6 is 11.6 Å². The summed E-state index contributed by atoms with van der Waals surface area (Å²) in [7, 11) is 0. The van der Waals surface area contributed by atoms with Gasteiger partial charge in [0.25, 0.3) is 0 Å². The molecule has 2 heterocycles. The monoisotopic (exact) mass is 405 g/mol. The van der Waals surface area contributed by atoms with Crippen LogP contribution in [-0.2, 0) is 6.61 Å². The van der Waals surface area contributed by atoms with Gasteiger partial charge in [0.05, 0.1) is 11.4 Å². The van der Waals surface area contributed by atoms with E-state index in [1.165, 1.54) is 16.7 Å². The van der Waals surface area contributed by atoms with Crippen molar-refractivity contribution < 1.29 is 4.74 Å². The van der Waals surface area contributed by atoms with Gasteiger partial charge >= 0.3 is 0 Å². The minimum atomic E-state index is 0.481. The predicted molar refractivity (Wildman–Crippen MR) is 118 cm³/mol. The van der Waals surface area contributed by atoms with E-state index in [4.69, 9.17) is 26.4 Å². The molecule has 0 aliphatic heterocycles. The van der Waals surface area contributed by atoms with E-state index in [9.17, 15) is 0 Å². The Morgan fingerprint density at radius 1 is 0.966 bits per heavy atom. The molecule has 148 valence electrons. The first kappa shape index (κ1) is 19.5. The van der Waals surface area contributed by atoms with Crippen LogP contribution in [0.15, 0.2) is 42.5 Å². The fourth-order valence-corrected chi connectivity index (χ4v) is 3.82. The van der Waals surface area contributed by atoms with Crippen molar-refractivity contribution in [2.75, 3.05) is 0 Å². The molecule has 0 aliphatic rings. The number of nitrogens with zero attached hydrogens (tertiary/aromatic N) is 3. The number of aromatic nitrogens is 3. The topological polar surface area (TPSA) is 39.9 Å². The van der Waals surface area contributed by atoms with Crippen molar-refractivity contribution in [2.24, 2.45) is 0 Å². The normalized spacial score (nSPS) is 11.2. The maximum absolute atomic E-state index is 6.34. The minimum Gasteiger partial charge on any atom is -0.473 e. The van der Waals surface area contributed by atoms with Crippen LogP contribution in [0.2, 0.25) is 5.02 Å². The Hall–Kier alpha value is -2.85. The third-order valence-corrected chi connectivity index (χ3v) is 5.74. The molecule has 4 aromatic rings. The lowest BCUT2D eigenvalue weighted by atomic mass is 10.1. The van der Waals surface area contributed by atoms with Crippen molar-refractivity contribution in [1.29, 1.82) is 0 Å². The van der Waals surface area contributed by atoms with Crippen LogP contribution in [0.4, 0.5) is 0 Å². The average Bonchev–Trinajstić information content (AvgIpc) is 3.01. The molecule has 0 amide bonds. The number of benzene rings is 2. The van der Waals surface area contributed by atoms with Crippen molar-refractivity contribution >= 4 is 22.6 Å². The summed E-state index contributed by atoms with van der Waals surface area (Å²) in [5, 5.41) is 6.50. The highest BCUT2D eigenvalue weighted by atomic mass is 35.5. The standard InChI is InChI=1S/C24H24ClN3O/c1-14-9-10-15(2)19(11-14)13-29-22-12-16(3)23-18(5)27-28(24(23)26-22)21-8-6-7-20(25)17(21)4/h6-12H,13H2,1-5H3. The summed E-state index contributed by atoms with van der Waals surface area (Å²) in [5.74, 6) is 0.594. The molecule has 0 bridgehead atoms. The van der Waals surface area contributed by atoms with Gasteiger partial charge in [-0.25, -0.2) is 4.68 Å². The fraction of sp³-hybridized carbons (Fsp3) is 0.250. The second-order valence-corrected chi connectivity index (χ2v) is 7.98. The predicted octanol–water partition coefficient (Wildman–Crippen LogP) is 6.20. The Morgan fingerprint density at radius 3 is 2.55 bits per heavy atom. The highest BCUT2D eigenvalue weighted by Gasteiger charge is 2.17. The van der Waals surface area contributed by atoms with Gasteiger partial charge in [0, 0.05) is 16.5 Å². The minimum absolute atomic E-state index is 0.481. The van der Waals surface area contributed by atoms with Gasteiger partial charge in [-0.15, -0.1) is 0 Å². The number of hydrogen-bond acceptors (Lipinski definition) is 3. The number of aryl methyl sites for hydroxylation is 4. The highest BCUT2D eigenvalue weighted by Crippen LogP contribution is 2.30. The lowest BCUT2D eigenvalue weighted by Gasteiger charge is -2.11. The molecule has 0 fully saturated rings. The molecule has 4 rings (SSSR count). The molecule has 0 spiro atoms. The van der Waals surface area contributed by atoms with Crippen LogP contribution in [0.1, 0.15) is 33.5 Å². The summed E-state index contributed by atoms with van der Waals surface area (Å²) in [5.41, 5.74) is 8.31. The number of rotatable bonds is 4. The van der Waals surface area contributed by atoms with Crippen molar-refractivity contribution in [3.05, 3.63) is 81.0 Å². The van der Waals surface area contributed by atoms with Gasteiger partial charge in [-0.1, -0.05) is 41.4 Å². The van der Waals surface area contributed by atoms with Gasteiger partial charge in [-0.2, -0.15) is 10.1 Å². The second-order valence-electron chi connectivity index (χ2n) is 7.58. The van der Waals surface area contributed by atoms with E-state index in [1.807, 2.05) is 42.8 Å². The van der Waals surface area contributed by atoms with E-state index in [0.717, 1.165) is 33.5 Å². The molecule has 2 aromatic carbocycles. The number of hydrogen-bond donors (Lipinski definition) is 0. The Morgan fingerprint density at radius 2 is 1.76 bits per heavy atom. The van der Waals surface area contributed by atoms with Crippen molar-refractivity contribution in [3.63, 3.8) is 0 Å². The summed E-state index contributed by atoms with van der Waals surface area (Å²) in [6, 6.07) is 14.2. The lowest BCUT2D eigenvalue weighted by molar-refractivity contribution is 0.294. The number of pyridine rings is 1. The van der Waals surface area contributed by atoms with Crippen LogP contribution in [0.3, 0.4) is 0 Å². The maximum atomic E-state index is 6.34. The molecule has 0 N–H and O–H groups in total. The van der Waals surface area contributed by atoms with Gasteiger partial charge in [0.2, 0.25) is 5.88 Å². The molecule has 0 unspecified atom stereocenters. The van der Waals surface area contributed by atoms with Crippen LogP contribution in [0, 0.1) is 34.6 Å².